The summed E-state index contributed by atoms with van der Waals surface area (Å²) in [5.74, 6) is 6.29. The third-order valence-electron chi connectivity index (χ3n) is 11.4. The lowest BCUT2D eigenvalue weighted by molar-refractivity contribution is -0.213. The van der Waals surface area contributed by atoms with Crippen molar-refractivity contribution in [3.8, 4) is 12.3 Å². The first-order chi connectivity index (χ1) is 13.2. The van der Waals surface area contributed by atoms with Gasteiger partial charge in [0.05, 0.1) is 17.1 Å². The molecule has 0 bridgehead atoms. The van der Waals surface area contributed by atoms with Crippen LogP contribution < -0.4 is 0 Å². The van der Waals surface area contributed by atoms with Crippen LogP contribution in [0.15, 0.2) is 0 Å². The molecule has 2 heteroatoms. The summed E-state index contributed by atoms with van der Waals surface area (Å²) in [6, 6.07) is 0. The highest BCUT2D eigenvalue weighted by Gasteiger charge is 2.66. The van der Waals surface area contributed by atoms with Crippen molar-refractivity contribution in [2.45, 2.75) is 103 Å². The smallest absolute Gasteiger partial charge is 0.0706 e. The standard InChI is InChI=1S/C26H40O2/c1-5-23(2)21-11-14-24(3)18-10-16-26(28)13-6-7-19(26)17(18)8-9-20(24)25(21,4)15-12-22(23)27/h1,17-22,27-28H,6-16H2,2-4H3. The molecule has 5 aliphatic rings. The van der Waals surface area contributed by atoms with Crippen molar-refractivity contribution in [3.05, 3.63) is 0 Å². The van der Waals surface area contributed by atoms with Crippen molar-refractivity contribution in [1.29, 1.82) is 0 Å². The Labute approximate surface area is 171 Å². The van der Waals surface area contributed by atoms with Gasteiger partial charge in [-0.2, -0.15) is 0 Å². The van der Waals surface area contributed by atoms with Crippen LogP contribution in [0.3, 0.4) is 0 Å². The van der Waals surface area contributed by atoms with Gasteiger partial charge in [-0.3, -0.25) is 0 Å². The summed E-state index contributed by atoms with van der Waals surface area (Å²) >= 11 is 0. The third-order valence-corrected chi connectivity index (χ3v) is 11.4. The minimum absolute atomic E-state index is 0.252. The average molecular weight is 385 g/mol. The van der Waals surface area contributed by atoms with Crippen molar-refractivity contribution in [3.63, 3.8) is 0 Å². The SMILES string of the molecule is C#CC1(C)C(O)CCC2(C)C1CCC1(C)C3CCC4(O)CCCC4C3CCC12. The molecule has 5 fully saturated rings. The predicted molar refractivity (Wildman–Crippen MR) is 112 cm³/mol. The highest BCUT2D eigenvalue weighted by atomic mass is 16.3. The van der Waals surface area contributed by atoms with Crippen molar-refractivity contribution in [2.75, 3.05) is 0 Å². The van der Waals surface area contributed by atoms with E-state index < -0.39 is 0 Å². The van der Waals surface area contributed by atoms with Gasteiger partial charge in [-0.05, 0) is 112 Å². The van der Waals surface area contributed by atoms with Gasteiger partial charge in [0.1, 0.15) is 0 Å². The summed E-state index contributed by atoms with van der Waals surface area (Å²) in [5.41, 5.74) is -0.0798. The van der Waals surface area contributed by atoms with Crippen LogP contribution in [0, 0.1) is 58.2 Å². The summed E-state index contributed by atoms with van der Waals surface area (Å²) in [5, 5.41) is 22.0. The molecule has 5 aliphatic carbocycles. The van der Waals surface area contributed by atoms with E-state index in [2.05, 4.69) is 26.7 Å². The van der Waals surface area contributed by atoms with Crippen LogP contribution >= 0.6 is 0 Å². The summed E-state index contributed by atoms with van der Waals surface area (Å²) in [4.78, 5) is 0. The lowest BCUT2D eigenvalue weighted by atomic mass is 9.36. The van der Waals surface area contributed by atoms with Crippen LogP contribution in [-0.4, -0.2) is 21.9 Å². The Hall–Kier alpha value is -0.520. The zero-order chi connectivity index (χ0) is 19.9. The monoisotopic (exact) mass is 384 g/mol. The molecule has 0 amide bonds. The molecule has 0 heterocycles. The number of aliphatic hydroxyl groups excluding tert-OH is 1. The van der Waals surface area contributed by atoms with Gasteiger partial charge >= 0.3 is 0 Å². The van der Waals surface area contributed by atoms with E-state index in [0.717, 1.165) is 37.5 Å². The van der Waals surface area contributed by atoms with Crippen molar-refractivity contribution >= 4 is 0 Å². The van der Waals surface area contributed by atoms with Crippen molar-refractivity contribution < 1.29 is 10.2 Å². The molecule has 10 atom stereocenters. The van der Waals surface area contributed by atoms with E-state index >= 15 is 0 Å². The minimum atomic E-state index is -0.372. The Morgan fingerprint density at radius 3 is 2.29 bits per heavy atom. The summed E-state index contributed by atoms with van der Waals surface area (Å²) in [7, 11) is 0. The summed E-state index contributed by atoms with van der Waals surface area (Å²) in [6.07, 6.45) is 18.5. The average Bonchev–Trinajstić information content (AvgIpc) is 3.06. The minimum Gasteiger partial charge on any atom is -0.392 e. The Morgan fingerprint density at radius 1 is 0.786 bits per heavy atom. The first-order valence-electron chi connectivity index (χ1n) is 12.1. The molecule has 0 aromatic heterocycles. The van der Waals surface area contributed by atoms with Gasteiger partial charge in [0.25, 0.3) is 0 Å². The van der Waals surface area contributed by atoms with Crippen LogP contribution in [0.25, 0.3) is 0 Å². The molecule has 5 rings (SSSR count). The van der Waals surface area contributed by atoms with Crippen LogP contribution in [-0.2, 0) is 0 Å². The molecule has 156 valence electrons. The van der Waals surface area contributed by atoms with E-state index in [1.807, 2.05) is 0 Å². The Kier molecular flexibility index (Phi) is 4.17. The number of hydrogen-bond donors (Lipinski definition) is 2. The fraction of sp³-hybridized carbons (Fsp3) is 0.923. The molecule has 0 radical (unpaired) electrons. The van der Waals surface area contributed by atoms with E-state index in [0.29, 0.717) is 23.2 Å². The molecule has 28 heavy (non-hydrogen) atoms. The predicted octanol–water partition coefficient (Wildman–Crippen LogP) is 5.17. The highest BCUT2D eigenvalue weighted by molar-refractivity contribution is 5.21. The van der Waals surface area contributed by atoms with E-state index in [1.54, 1.807) is 0 Å². The maximum absolute atomic E-state index is 11.2. The Bertz CT molecular complexity index is 695. The fourth-order valence-corrected chi connectivity index (χ4v) is 10.1. The molecule has 2 N–H and O–H groups in total. The topological polar surface area (TPSA) is 40.5 Å². The molecule has 0 aliphatic heterocycles. The molecule has 0 aromatic rings. The number of fused-ring (bicyclic) bond motifs is 7. The van der Waals surface area contributed by atoms with Gasteiger partial charge in [0, 0.05) is 0 Å². The number of aliphatic hydroxyl groups is 2. The van der Waals surface area contributed by atoms with E-state index in [4.69, 9.17) is 6.42 Å². The van der Waals surface area contributed by atoms with Gasteiger partial charge in [0.15, 0.2) is 0 Å². The van der Waals surface area contributed by atoms with Gasteiger partial charge in [0.2, 0.25) is 0 Å². The van der Waals surface area contributed by atoms with Gasteiger partial charge < -0.3 is 10.2 Å². The second-order valence-electron chi connectivity index (χ2n) is 12.1. The van der Waals surface area contributed by atoms with Crippen LogP contribution in [0.2, 0.25) is 0 Å². The second kappa shape index (κ2) is 6.01. The van der Waals surface area contributed by atoms with E-state index in [9.17, 15) is 10.2 Å². The molecule has 2 nitrogen and oxygen atoms in total. The Morgan fingerprint density at radius 2 is 1.54 bits per heavy atom. The lowest BCUT2D eigenvalue weighted by Crippen LogP contribution is -2.63. The first kappa shape index (κ1) is 19.4. The van der Waals surface area contributed by atoms with Crippen LogP contribution in [0.1, 0.15) is 91.4 Å². The molecule has 0 spiro atoms. The summed E-state index contributed by atoms with van der Waals surface area (Å²) < 4.78 is 0. The molecular weight excluding hydrogens is 344 g/mol. The molecule has 10 unspecified atom stereocenters. The van der Waals surface area contributed by atoms with Crippen LogP contribution in [0.4, 0.5) is 0 Å². The van der Waals surface area contributed by atoms with Gasteiger partial charge in [-0.15, -0.1) is 6.42 Å². The zero-order valence-electron chi connectivity index (χ0n) is 18.2. The second-order valence-corrected chi connectivity index (χ2v) is 12.1. The third kappa shape index (κ3) is 2.24. The van der Waals surface area contributed by atoms with Crippen LogP contribution in [0.5, 0.6) is 0 Å². The number of terminal acetylenes is 1. The molecule has 0 saturated heterocycles. The molecule has 0 aromatic carbocycles. The Balaban J connectivity index is 1.50. The first-order valence-corrected chi connectivity index (χ1v) is 12.1. The largest absolute Gasteiger partial charge is 0.392 e. The van der Waals surface area contributed by atoms with Gasteiger partial charge in [-0.1, -0.05) is 26.2 Å². The number of hydrogen-bond acceptors (Lipinski definition) is 2. The van der Waals surface area contributed by atoms with Crippen molar-refractivity contribution in [1.82, 2.24) is 0 Å². The quantitative estimate of drug-likeness (QED) is 0.566. The zero-order valence-corrected chi connectivity index (χ0v) is 18.2. The highest BCUT2D eigenvalue weighted by Crippen LogP contribution is 2.71. The number of rotatable bonds is 0. The normalized spacial score (nSPS) is 60.7. The van der Waals surface area contributed by atoms with Crippen molar-refractivity contribution in [2.24, 2.45) is 45.8 Å². The lowest BCUT2D eigenvalue weighted by Gasteiger charge is -2.68. The molecular formula is C26H40O2. The molecule has 5 saturated carbocycles. The fourth-order valence-electron chi connectivity index (χ4n) is 10.1. The van der Waals surface area contributed by atoms with Gasteiger partial charge in [-0.25, -0.2) is 0 Å². The van der Waals surface area contributed by atoms with E-state index in [-0.39, 0.29) is 22.5 Å². The summed E-state index contributed by atoms with van der Waals surface area (Å²) in [6.45, 7) is 7.29. The maximum Gasteiger partial charge on any atom is 0.0706 e. The maximum atomic E-state index is 11.2. The van der Waals surface area contributed by atoms with E-state index in [1.165, 1.54) is 44.9 Å².